The highest BCUT2D eigenvalue weighted by atomic mass is 35.5. The van der Waals surface area contributed by atoms with Gasteiger partial charge < -0.3 is 9.84 Å². The maximum atomic E-state index is 14.0. The zero-order valence-electron chi connectivity index (χ0n) is 16.1. The predicted molar refractivity (Wildman–Crippen MR) is 110 cm³/mol. The molecule has 0 amide bonds. The molecule has 1 N–H and O–H groups in total. The Labute approximate surface area is 167 Å². The summed E-state index contributed by atoms with van der Waals surface area (Å²) in [7, 11) is 0. The van der Waals surface area contributed by atoms with E-state index in [0.29, 0.717) is 18.3 Å². The van der Waals surface area contributed by atoms with Gasteiger partial charge in [-0.15, -0.1) is 12.4 Å². The predicted octanol–water partition coefficient (Wildman–Crippen LogP) is 4.90. The standard InChI is InChI=1S/C22H28FNO2.ClH/c1-16-3-4-19(21(23)13-16)15-18-7-9-24(10-8-18)11-12-26-20-5-6-22(25)17(2)14-20;/h3-6,13-14,18,25H,7-12,15H2,1-2H3;1H. The number of benzene rings is 2. The molecule has 1 aliphatic heterocycles. The van der Waals surface area contributed by atoms with Crippen LogP contribution in [0, 0.1) is 25.6 Å². The Balaban J connectivity index is 0.00000261. The van der Waals surface area contributed by atoms with E-state index in [1.54, 1.807) is 18.2 Å². The van der Waals surface area contributed by atoms with Crippen LogP contribution in [0.3, 0.4) is 0 Å². The fourth-order valence-corrected chi connectivity index (χ4v) is 3.55. The van der Waals surface area contributed by atoms with Gasteiger partial charge in [0.1, 0.15) is 23.9 Å². The monoisotopic (exact) mass is 393 g/mol. The second-order valence-corrected chi connectivity index (χ2v) is 7.38. The molecular weight excluding hydrogens is 365 g/mol. The van der Waals surface area contributed by atoms with Crippen molar-refractivity contribution in [2.24, 2.45) is 5.92 Å². The molecule has 0 atom stereocenters. The molecule has 1 saturated heterocycles. The summed E-state index contributed by atoms with van der Waals surface area (Å²) in [6, 6.07) is 10.9. The Morgan fingerprint density at radius 1 is 1.11 bits per heavy atom. The number of phenolic OH excluding ortho intramolecular Hbond substituents is 1. The number of halogens is 2. The van der Waals surface area contributed by atoms with E-state index in [9.17, 15) is 9.50 Å². The zero-order chi connectivity index (χ0) is 18.5. The van der Waals surface area contributed by atoms with Gasteiger partial charge in [0.25, 0.3) is 0 Å². The summed E-state index contributed by atoms with van der Waals surface area (Å²) in [6.45, 7) is 7.40. The van der Waals surface area contributed by atoms with Gasteiger partial charge >= 0.3 is 0 Å². The van der Waals surface area contributed by atoms with Gasteiger partial charge in [-0.05, 0) is 93.1 Å². The van der Waals surface area contributed by atoms with Crippen LogP contribution >= 0.6 is 12.4 Å². The molecular formula is C22H29ClFNO2. The first-order valence-corrected chi connectivity index (χ1v) is 9.41. The molecule has 0 aliphatic carbocycles. The third kappa shape index (κ3) is 6.12. The molecule has 0 radical (unpaired) electrons. The van der Waals surface area contributed by atoms with Crippen LogP contribution in [0.4, 0.5) is 4.39 Å². The van der Waals surface area contributed by atoms with Crippen molar-refractivity contribution >= 4 is 12.4 Å². The topological polar surface area (TPSA) is 32.7 Å². The third-order valence-corrected chi connectivity index (χ3v) is 5.27. The van der Waals surface area contributed by atoms with Crippen molar-refractivity contribution in [1.82, 2.24) is 4.90 Å². The number of rotatable bonds is 6. The third-order valence-electron chi connectivity index (χ3n) is 5.27. The second-order valence-electron chi connectivity index (χ2n) is 7.38. The number of hydrogen-bond acceptors (Lipinski definition) is 3. The molecule has 2 aromatic rings. The van der Waals surface area contributed by atoms with Gasteiger partial charge in [0.05, 0.1) is 0 Å². The normalized spacial score (nSPS) is 15.4. The molecule has 3 rings (SSSR count). The average Bonchev–Trinajstić information content (AvgIpc) is 2.62. The van der Waals surface area contributed by atoms with Gasteiger partial charge in [0.2, 0.25) is 0 Å². The lowest BCUT2D eigenvalue weighted by Gasteiger charge is -2.32. The number of nitrogens with zero attached hydrogens (tertiary/aromatic N) is 1. The molecule has 148 valence electrons. The maximum absolute atomic E-state index is 14.0. The van der Waals surface area contributed by atoms with E-state index in [2.05, 4.69) is 4.90 Å². The van der Waals surface area contributed by atoms with E-state index >= 15 is 0 Å². The largest absolute Gasteiger partial charge is 0.508 e. The summed E-state index contributed by atoms with van der Waals surface area (Å²) < 4.78 is 19.8. The van der Waals surface area contributed by atoms with Crippen LogP contribution in [0.5, 0.6) is 11.5 Å². The second kappa shape index (κ2) is 9.95. The number of piperidine rings is 1. The first-order chi connectivity index (χ1) is 12.5. The molecule has 1 fully saturated rings. The molecule has 0 bridgehead atoms. The first-order valence-electron chi connectivity index (χ1n) is 9.41. The lowest BCUT2D eigenvalue weighted by molar-refractivity contribution is 0.154. The van der Waals surface area contributed by atoms with Gasteiger partial charge in [-0.1, -0.05) is 12.1 Å². The fraction of sp³-hybridized carbons (Fsp3) is 0.455. The van der Waals surface area contributed by atoms with Gasteiger partial charge in [-0.2, -0.15) is 0 Å². The van der Waals surface area contributed by atoms with E-state index in [-0.39, 0.29) is 18.2 Å². The van der Waals surface area contributed by atoms with Crippen LogP contribution in [0.25, 0.3) is 0 Å². The smallest absolute Gasteiger partial charge is 0.126 e. The van der Waals surface area contributed by atoms with Gasteiger partial charge in [0.15, 0.2) is 0 Å². The minimum Gasteiger partial charge on any atom is -0.508 e. The van der Waals surface area contributed by atoms with Crippen molar-refractivity contribution in [3.8, 4) is 11.5 Å². The first kappa shape index (κ1) is 21.5. The van der Waals surface area contributed by atoms with Crippen molar-refractivity contribution in [3.63, 3.8) is 0 Å². The molecule has 27 heavy (non-hydrogen) atoms. The highest BCUT2D eigenvalue weighted by Crippen LogP contribution is 2.24. The molecule has 5 heteroatoms. The van der Waals surface area contributed by atoms with Crippen molar-refractivity contribution in [2.45, 2.75) is 33.1 Å². The molecule has 3 nitrogen and oxygen atoms in total. The van der Waals surface area contributed by atoms with E-state index < -0.39 is 0 Å². The summed E-state index contributed by atoms with van der Waals surface area (Å²) >= 11 is 0. The van der Waals surface area contributed by atoms with Crippen LogP contribution in [0.2, 0.25) is 0 Å². The number of ether oxygens (including phenoxy) is 1. The van der Waals surface area contributed by atoms with Crippen LogP contribution in [-0.4, -0.2) is 36.2 Å². The Morgan fingerprint density at radius 2 is 1.85 bits per heavy atom. The SMILES string of the molecule is Cc1ccc(CC2CCN(CCOc3ccc(O)c(C)c3)CC2)c(F)c1.Cl. The molecule has 0 unspecified atom stereocenters. The summed E-state index contributed by atoms with van der Waals surface area (Å²) in [5.74, 6) is 1.59. The average molecular weight is 394 g/mol. The maximum Gasteiger partial charge on any atom is 0.126 e. The van der Waals surface area contributed by atoms with E-state index in [1.165, 1.54) is 0 Å². The highest BCUT2D eigenvalue weighted by molar-refractivity contribution is 5.85. The van der Waals surface area contributed by atoms with E-state index in [4.69, 9.17) is 4.74 Å². The highest BCUT2D eigenvalue weighted by Gasteiger charge is 2.20. The minimum atomic E-state index is -0.0648. The molecule has 0 aromatic heterocycles. The van der Waals surface area contributed by atoms with Gasteiger partial charge in [-0.25, -0.2) is 4.39 Å². The van der Waals surface area contributed by atoms with Crippen molar-refractivity contribution in [1.29, 1.82) is 0 Å². The van der Waals surface area contributed by atoms with Crippen LogP contribution in [-0.2, 0) is 6.42 Å². The lowest BCUT2D eigenvalue weighted by atomic mass is 9.89. The molecule has 0 spiro atoms. The summed E-state index contributed by atoms with van der Waals surface area (Å²) in [5, 5.41) is 9.55. The Hall–Kier alpha value is -1.78. The number of phenols is 1. The van der Waals surface area contributed by atoms with Crippen LogP contribution < -0.4 is 4.74 Å². The molecule has 1 heterocycles. The molecule has 1 aliphatic rings. The number of hydrogen-bond donors (Lipinski definition) is 1. The van der Waals surface area contributed by atoms with Crippen molar-refractivity contribution in [3.05, 3.63) is 58.9 Å². The number of aryl methyl sites for hydroxylation is 2. The minimum absolute atomic E-state index is 0. The van der Waals surface area contributed by atoms with Crippen molar-refractivity contribution < 1.29 is 14.2 Å². The summed E-state index contributed by atoms with van der Waals surface area (Å²) in [6.07, 6.45) is 3.04. The van der Waals surface area contributed by atoms with E-state index in [0.717, 1.165) is 61.3 Å². The van der Waals surface area contributed by atoms with Gasteiger partial charge in [0, 0.05) is 6.54 Å². The Kier molecular flexibility index (Phi) is 7.93. The quantitative estimate of drug-likeness (QED) is 0.757. The number of aromatic hydroxyl groups is 1. The fourth-order valence-electron chi connectivity index (χ4n) is 3.55. The van der Waals surface area contributed by atoms with Crippen molar-refractivity contribution in [2.75, 3.05) is 26.2 Å². The molecule has 2 aromatic carbocycles. The summed E-state index contributed by atoms with van der Waals surface area (Å²) in [5.41, 5.74) is 2.65. The Morgan fingerprint density at radius 3 is 2.52 bits per heavy atom. The lowest BCUT2D eigenvalue weighted by Crippen LogP contribution is -2.37. The number of likely N-dealkylation sites (tertiary alicyclic amines) is 1. The molecule has 0 saturated carbocycles. The van der Waals surface area contributed by atoms with Gasteiger partial charge in [-0.3, -0.25) is 4.90 Å². The van der Waals surface area contributed by atoms with Crippen LogP contribution in [0.15, 0.2) is 36.4 Å². The zero-order valence-corrected chi connectivity index (χ0v) is 16.9. The summed E-state index contributed by atoms with van der Waals surface area (Å²) in [4.78, 5) is 2.41. The van der Waals surface area contributed by atoms with Crippen LogP contribution in [0.1, 0.15) is 29.5 Å². The Bertz CT molecular complexity index is 745. The van der Waals surface area contributed by atoms with E-state index in [1.807, 2.05) is 32.0 Å².